The van der Waals surface area contributed by atoms with Gasteiger partial charge in [0.05, 0.1) is 12.0 Å². The molecule has 0 amide bonds. The first-order valence-electron chi connectivity index (χ1n) is 7.12. The highest BCUT2D eigenvalue weighted by molar-refractivity contribution is 7.18. The molecule has 0 unspecified atom stereocenters. The highest BCUT2D eigenvalue weighted by atomic mass is 32.1. The fraction of sp³-hybridized carbons (Fsp3) is 0.571. The number of aryl methyl sites for hydroxylation is 1. The summed E-state index contributed by atoms with van der Waals surface area (Å²) in [4.78, 5) is 10.7. The number of ether oxygens (including phenoxy) is 1. The summed E-state index contributed by atoms with van der Waals surface area (Å²) in [5, 5.41) is 0.972. The summed E-state index contributed by atoms with van der Waals surface area (Å²) in [6, 6.07) is 2.06. The average molecular weight is 294 g/mol. The average Bonchev–Trinajstić information content (AvgIpc) is 2.82. The topological polar surface area (TPSA) is 73.1 Å². The van der Waals surface area contributed by atoms with Crippen LogP contribution in [0.3, 0.4) is 0 Å². The van der Waals surface area contributed by atoms with Gasteiger partial charge in [-0.25, -0.2) is 10.8 Å². The monoisotopic (exact) mass is 294 g/mol. The molecule has 0 atom stereocenters. The predicted molar refractivity (Wildman–Crippen MR) is 84.2 cm³/mol. The van der Waals surface area contributed by atoms with Gasteiger partial charge in [-0.05, 0) is 19.4 Å². The van der Waals surface area contributed by atoms with Gasteiger partial charge < -0.3 is 4.74 Å². The molecule has 0 bridgehead atoms. The molecule has 0 aliphatic rings. The lowest BCUT2D eigenvalue weighted by molar-refractivity contribution is 0.297. The smallest absolute Gasteiger partial charge is 0.241 e. The molecule has 2 rings (SSSR count). The van der Waals surface area contributed by atoms with Gasteiger partial charge in [-0.3, -0.25) is 5.43 Å². The number of anilines is 1. The van der Waals surface area contributed by atoms with E-state index in [2.05, 4.69) is 35.3 Å². The zero-order valence-corrected chi connectivity index (χ0v) is 12.9. The van der Waals surface area contributed by atoms with Crippen LogP contribution < -0.4 is 16.0 Å². The van der Waals surface area contributed by atoms with Crippen molar-refractivity contribution in [1.82, 2.24) is 9.97 Å². The zero-order chi connectivity index (χ0) is 14.4. The number of nitrogens with zero attached hydrogens (tertiary/aromatic N) is 2. The number of unbranched alkanes of at least 4 members (excludes halogenated alkanes) is 4. The lowest BCUT2D eigenvalue weighted by Gasteiger charge is -2.07. The van der Waals surface area contributed by atoms with Gasteiger partial charge in [-0.15, -0.1) is 11.3 Å². The first-order valence-corrected chi connectivity index (χ1v) is 7.94. The second-order valence-electron chi connectivity index (χ2n) is 4.84. The lowest BCUT2D eigenvalue weighted by atomic mass is 10.2. The molecule has 0 aliphatic carbocycles. The summed E-state index contributed by atoms with van der Waals surface area (Å²) in [7, 11) is 0. The van der Waals surface area contributed by atoms with Gasteiger partial charge in [-0.1, -0.05) is 32.6 Å². The van der Waals surface area contributed by atoms with E-state index in [1.54, 1.807) is 11.3 Å². The van der Waals surface area contributed by atoms with Crippen molar-refractivity contribution in [2.75, 3.05) is 12.0 Å². The highest BCUT2D eigenvalue weighted by Crippen LogP contribution is 2.30. The first kappa shape index (κ1) is 15.0. The molecule has 110 valence electrons. The third kappa shape index (κ3) is 3.80. The minimum atomic E-state index is 0.403. The van der Waals surface area contributed by atoms with Gasteiger partial charge in [0.25, 0.3) is 0 Å². The third-order valence-corrected chi connectivity index (χ3v) is 4.04. The third-order valence-electron chi connectivity index (χ3n) is 3.10. The van der Waals surface area contributed by atoms with Crippen LogP contribution in [0.15, 0.2) is 6.07 Å². The largest absolute Gasteiger partial charge is 0.477 e. The lowest BCUT2D eigenvalue weighted by Crippen LogP contribution is -2.11. The Morgan fingerprint density at radius 3 is 2.80 bits per heavy atom. The van der Waals surface area contributed by atoms with E-state index in [0.29, 0.717) is 18.4 Å². The van der Waals surface area contributed by atoms with Crippen LogP contribution in [0, 0.1) is 6.92 Å². The van der Waals surface area contributed by atoms with E-state index in [1.807, 2.05) is 0 Å². The molecule has 6 heteroatoms. The number of fused-ring (bicyclic) bond motifs is 1. The van der Waals surface area contributed by atoms with Crippen molar-refractivity contribution in [2.45, 2.75) is 46.0 Å². The number of rotatable bonds is 8. The summed E-state index contributed by atoms with van der Waals surface area (Å²) in [6.45, 7) is 4.96. The highest BCUT2D eigenvalue weighted by Gasteiger charge is 2.11. The fourth-order valence-electron chi connectivity index (χ4n) is 2.06. The molecule has 0 saturated heterocycles. The van der Waals surface area contributed by atoms with E-state index in [1.165, 1.54) is 30.6 Å². The standard InChI is InChI=1S/C14H22N4OS/c1-3-4-5-6-7-8-19-12-11-9-10(2)20-13(11)17-14(16-12)18-15/h9H,3-8,15H2,1-2H3,(H,16,17,18). The van der Waals surface area contributed by atoms with Crippen LogP contribution in [0.4, 0.5) is 5.95 Å². The van der Waals surface area contributed by atoms with Crippen molar-refractivity contribution < 1.29 is 4.74 Å². The van der Waals surface area contributed by atoms with Crippen molar-refractivity contribution in [2.24, 2.45) is 5.84 Å². The van der Waals surface area contributed by atoms with Crippen LogP contribution in [0.5, 0.6) is 5.88 Å². The molecule has 0 fully saturated rings. The Kier molecular flexibility index (Phi) is 5.55. The maximum atomic E-state index is 5.82. The number of thiophene rings is 1. The minimum absolute atomic E-state index is 0.403. The molecule has 2 aromatic rings. The summed E-state index contributed by atoms with van der Waals surface area (Å²) in [5.41, 5.74) is 2.49. The van der Waals surface area contributed by atoms with E-state index in [-0.39, 0.29) is 0 Å². The zero-order valence-electron chi connectivity index (χ0n) is 12.1. The van der Waals surface area contributed by atoms with Gasteiger partial charge in [0, 0.05) is 4.88 Å². The number of aromatic nitrogens is 2. The molecular weight excluding hydrogens is 272 g/mol. The molecule has 3 N–H and O–H groups in total. The molecule has 2 heterocycles. The van der Waals surface area contributed by atoms with E-state index < -0.39 is 0 Å². The molecular formula is C14H22N4OS. The molecule has 0 spiro atoms. The van der Waals surface area contributed by atoms with Crippen molar-refractivity contribution in [1.29, 1.82) is 0 Å². The van der Waals surface area contributed by atoms with Gasteiger partial charge in [0.2, 0.25) is 11.8 Å². The van der Waals surface area contributed by atoms with Crippen molar-refractivity contribution >= 4 is 27.5 Å². The first-order chi connectivity index (χ1) is 9.74. The Morgan fingerprint density at radius 1 is 1.25 bits per heavy atom. The van der Waals surface area contributed by atoms with Crippen molar-refractivity contribution in [3.63, 3.8) is 0 Å². The van der Waals surface area contributed by atoms with Crippen LogP contribution in [0.1, 0.15) is 43.9 Å². The quantitative estimate of drug-likeness (QED) is 0.442. The number of hydrogen-bond donors (Lipinski definition) is 2. The normalized spacial score (nSPS) is 10.9. The molecule has 20 heavy (non-hydrogen) atoms. The van der Waals surface area contributed by atoms with E-state index in [0.717, 1.165) is 16.6 Å². The summed E-state index contributed by atoms with van der Waals surface area (Å²) in [6.07, 6.45) is 6.08. The van der Waals surface area contributed by atoms with E-state index in [4.69, 9.17) is 10.6 Å². The molecule has 5 nitrogen and oxygen atoms in total. The Labute approximate surface area is 123 Å². The Morgan fingerprint density at radius 2 is 2.05 bits per heavy atom. The Balaban J connectivity index is 2.00. The summed E-state index contributed by atoms with van der Waals surface area (Å²) in [5.74, 6) is 6.43. The van der Waals surface area contributed by atoms with Gasteiger partial charge in [0.1, 0.15) is 4.83 Å². The van der Waals surface area contributed by atoms with Crippen LogP contribution in [0.2, 0.25) is 0 Å². The van der Waals surface area contributed by atoms with Gasteiger partial charge in [-0.2, -0.15) is 4.98 Å². The summed E-state index contributed by atoms with van der Waals surface area (Å²) < 4.78 is 5.82. The second kappa shape index (κ2) is 7.40. The van der Waals surface area contributed by atoms with Crippen LogP contribution in [-0.4, -0.2) is 16.6 Å². The van der Waals surface area contributed by atoms with Gasteiger partial charge >= 0.3 is 0 Å². The number of hydrogen-bond acceptors (Lipinski definition) is 6. The summed E-state index contributed by atoms with van der Waals surface area (Å²) >= 11 is 1.62. The number of nitrogens with one attached hydrogen (secondary N) is 1. The number of nitrogens with two attached hydrogens (primary N) is 1. The van der Waals surface area contributed by atoms with E-state index >= 15 is 0 Å². The van der Waals surface area contributed by atoms with Gasteiger partial charge in [0.15, 0.2) is 0 Å². The maximum Gasteiger partial charge on any atom is 0.241 e. The van der Waals surface area contributed by atoms with Crippen molar-refractivity contribution in [3.05, 3.63) is 10.9 Å². The molecule has 0 aliphatic heterocycles. The predicted octanol–water partition coefficient (Wildman–Crippen LogP) is 3.63. The fourth-order valence-corrected chi connectivity index (χ4v) is 2.93. The molecule has 2 aromatic heterocycles. The minimum Gasteiger partial charge on any atom is -0.477 e. The van der Waals surface area contributed by atoms with Crippen LogP contribution >= 0.6 is 11.3 Å². The second-order valence-corrected chi connectivity index (χ2v) is 6.07. The molecule has 0 radical (unpaired) electrons. The van der Waals surface area contributed by atoms with Crippen molar-refractivity contribution in [3.8, 4) is 5.88 Å². The number of hydrazine groups is 1. The number of nitrogen functional groups attached to an aromatic ring is 1. The Hall–Kier alpha value is -1.40. The molecule has 0 aromatic carbocycles. The van der Waals surface area contributed by atoms with Crippen LogP contribution in [0.25, 0.3) is 10.2 Å². The Bertz CT molecular complexity index is 555. The SMILES string of the molecule is CCCCCCCOc1nc(NN)nc2sc(C)cc12. The van der Waals surface area contributed by atoms with Crippen LogP contribution in [-0.2, 0) is 0 Å². The van der Waals surface area contributed by atoms with E-state index in [9.17, 15) is 0 Å². The molecule has 0 saturated carbocycles. The maximum absolute atomic E-state index is 5.82.